The van der Waals surface area contributed by atoms with E-state index < -0.39 is 35.4 Å². The van der Waals surface area contributed by atoms with Crippen LogP contribution in [0.5, 0.6) is 0 Å². The normalized spacial score (nSPS) is 23.3. The zero-order chi connectivity index (χ0) is 22.7. The molecule has 0 saturated carbocycles. The fraction of sp³-hybridized carbons (Fsp3) is 0.435. The summed E-state index contributed by atoms with van der Waals surface area (Å²) in [4.78, 5) is 38.8. The number of rotatable bonds is 6. The van der Waals surface area contributed by atoms with Crippen molar-refractivity contribution in [3.8, 4) is 0 Å². The molecule has 0 unspecified atom stereocenters. The molecule has 166 valence electrons. The van der Waals surface area contributed by atoms with Crippen LogP contribution in [0.3, 0.4) is 0 Å². The molecule has 1 aliphatic carbocycles. The number of benzene rings is 1. The summed E-state index contributed by atoms with van der Waals surface area (Å²) in [5, 5.41) is 3.15. The Hall–Kier alpha value is -3.00. The number of carbonyl (C=O) groups excluding carboxylic acids is 3. The number of nitrogens with one attached hydrogen (secondary N) is 1. The second-order valence-electron chi connectivity index (χ2n) is 7.72. The maximum Gasteiger partial charge on any atom is 0.336 e. The van der Waals surface area contributed by atoms with Crippen LogP contribution in [0.25, 0.3) is 0 Å². The summed E-state index contributed by atoms with van der Waals surface area (Å²) in [6, 6.07) is 5.74. The van der Waals surface area contributed by atoms with Crippen molar-refractivity contribution in [1.29, 1.82) is 0 Å². The first-order valence-corrected chi connectivity index (χ1v) is 10.0. The molecule has 1 N–H and O–H groups in total. The third-order valence-corrected chi connectivity index (χ3v) is 5.67. The smallest absolute Gasteiger partial charge is 0.336 e. The van der Waals surface area contributed by atoms with Gasteiger partial charge in [0.15, 0.2) is 5.78 Å². The van der Waals surface area contributed by atoms with E-state index >= 15 is 0 Å². The van der Waals surface area contributed by atoms with E-state index in [4.69, 9.17) is 14.2 Å². The number of allylic oxidation sites excluding steroid dienone is 3. The Bertz CT molecular complexity index is 967. The first-order chi connectivity index (χ1) is 14.8. The van der Waals surface area contributed by atoms with Crippen LogP contribution in [0, 0.1) is 17.7 Å². The summed E-state index contributed by atoms with van der Waals surface area (Å²) >= 11 is 0. The maximum atomic E-state index is 14.1. The van der Waals surface area contributed by atoms with Crippen LogP contribution in [0.15, 0.2) is 46.8 Å². The average Bonchev–Trinajstić information content (AvgIpc) is 2.72. The van der Waals surface area contributed by atoms with Gasteiger partial charge in [-0.2, -0.15) is 0 Å². The first-order valence-electron chi connectivity index (χ1n) is 10.0. The molecule has 0 saturated heterocycles. The lowest BCUT2D eigenvalue weighted by Crippen LogP contribution is -2.43. The molecule has 1 heterocycles. The van der Waals surface area contributed by atoms with Crippen molar-refractivity contribution >= 4 is 17.7 Å². The monoisotopic (exact) mass is 431 g/mol. The number of ketones is 1. The predicted octanol–water partition coefficient (Wildman–Crippen LogP) is 2.63. The van der Waals surface area contributed by atoms with Crippen LogP contribution < -0.4 is 5.32 Å². The number of carbonyl (C=O) groups is 3. The number of ether oxygens (including phenoxy) is 3. The SMILES string of the molecule is COCCOC(=O)C1=C(C)NC2=C(C(=O)[C@H](C(=O)OC)[C@H](C)C2)[C@H]1c1cccc(F)c1. The van der Waals surface area contributed by atoms with Gasteiger partial charge in [-0.15, -0.1) is 0 Å². The molecule has 1 aromatic carbocycles. The molecule has 1 aromatic rings. The molecule has 7 nitrogen and oxygen atoms in total. The lowest BCUT2D eigenvalue weighted by atomic mass is 9.69. The number of hydrogen-bond acceptors (Lipinski definition) is 7. The van der Waals surface area contributed by atoms with Crippen molar-refractivity contribution in [3.05, 3.63) is 58.2 Å². The third-order valence-electron chi connectivity index (χ3n) is 5.67. The summed E-state index contributed by atoms with van der Waals surface area (Å²) in [6.07, 6.45) is 0.413. The standard InChI is InChI=1S/C23H26FNO6/c1-12-10-16-20(21(26)17(12)22(27)30-4)19(14-6-5-7-15(24)11-14)18(13(2)25-16)23(28)31-9-8-29-3/h5-7,11-12,17,19,25H,8-10H2,1-4H3/t12-,17-,19+/m1/s1. The fourth-order valence-corrected chi connectivity index (χ4v) is 4.27. The van der Waals surface area contributed by atoms with E-state index in [1.54, 1.807) is 19.9 Å². The topological polar surface area (TPSA) is 90.9 Å². The summed E-state index contributed by atoms with van der Waals surface area (Å²) < 4.78 is 29.2. The molecule has 3 rings (SSSR count). The average molecular weight is 431 g/mol. The third kappa shape index (κ3) is 4.39. The summed E-state index contributed by atoms with van der Waals surface area (Å²) in [7, 11) is 2.72. The van der Waals surface area contributed by atoms with Crippen LogP contribution in [0.4, 0.5) is 4.39 Å². The number of methoxy groups -OCH3 is 2. The van der Waals surface area contributed by atoms with Crippen molar-refractivity contribution < 1.29 is 33.0 Å². The Kier molecular flexibility index (Phi) is 6.90. The zero-order valence-electron chi connectivity index (χ0n) is 18.0. The second kappa shape index (κ2) is 9.43. The Morgan fingerprint density at radius 3 is 2.61 bits per heavy atom. The molecule has 0 amide bonds. The van der Waals surface area contributed by atoms with E-state index in [2.05, 4.69) is 5.32 Å². The van der Waals surface area contributed by atoms with Gasteiger partial charge in [0.25, 0.3) is 0 Å². The van der Waals surface area contributed by atoms with Crippen LogP contribution in [0.1, 0.15) is 31.7 Å². The highest BCUT2D eigenvalue weighted by Crippen LogP contribution is 2.45. The van der Waals surface area contributed by atoms with Gasteiger partial charge in [-0.1, -0.05) is 19.1 Å². The number of hydrogen-bond donors (Lipinski definition) is 1. The maximum absolute atomic E-state index is 14.1. The highest BCUT2D eigenvalue weighted by Gasteiger charge is 2.47. The molecule has 0 spiro atoms. The molecule has 2 aliphatic rings. The molecular formula is C23H26FNO6. The molecule has 0 radical (unpaired) electrons. The minimum Gasteiger partial charge on any atom is -0.468 e. The second-order valence-corrected chi connectivity index (χ2v) is 7.72. The molecular weight excluding hydrogens is 405 g/mol. The molecule has 8 heteroatoms. The van der Waals surface area contributed by atoms with Gasteiger partial charge in [0.05, 0.1) is 19.3 Å². The lowest BCUT2D eigenvalue weighted by Gasteiger charge is -2.38. The number of Topliss-reactive ketones (excluding diaryl/α,β-unsaturated/α-hetero) is 1. The number of esters is 2. The van der Waals surface area contributed by atoms with Crippen molar-refractivity contribution in [2.45, 2.75) is 26.2 Å². The van der Waals surface area contributed by atoms with Crippen molar-refractivity contribution in [1.82, 2.24) is 5.32 Å². The molecule has 0 aromatic heterocycles. The number of dihydropyridines is 1. The Labute approximate surface area is 180 Å². The Balaban J connectivity index is 2.12. The van der Waals surface area contributed by atoms with Crippen molar-refractivity contribution in [2.24, 2.45) is 11.8 Å². The van der Waals surface area contributed by atoms with E-state index in [9.17, 15) is 18.8 Å². The Morgan fingerprint density at radius 1 is 1.23 bits per heavy atom. The predicted molar refractivity (Wildman–Crippen MR) is 109 cm³/mol. The van der Waals surface area contributed by atoms with Crippen molar-refractivity contribution in [2.75, 3.05) is 27.4 Å². The van der Waals surface area contributed by atoms with Gasteiger partial charge in [-0.05, 0) is 37.0 Å². The quantitative estimate of drug-likeness (QED) is 0.421. The molecule has 31 heavy (non-hydrogen) atoms. The van der Waals surface area contributed by atoms with Gasteiger partial charge in [-0.25, -0.2) is 9.18 Å². The van der Waals surface area contributed by atoms with Crippen molar-refractivity contribution in [3.63, 3.8) is 0 Å². The van der Waals surface area contributed by atoms with Gasteiger partial charge >= 0.3 is 11.9 Å². The minimum absolute atomic E-state index is 0.0314. The highest BCUT2D eigenvalue weighted by atomic mass is 19.1. The van der Waals surface area contributed by atoms with E-state index in [0.29, 0.717) is 23.4 Å². The van der Waals surface area contributed by atoms with Crippen LogP contribution in [-0.2, 0) is 28.6 Å². The summed E-state index contributed by atoms with van der Waals surface area (Å²) in [5.74, 6) is -4.34. The van der Waals surface area contributed by atoms with Gasteiger partial charge in [-0.3, -0.25) is 9.59 Å². The minimum atomic E-state index is -0.995. The van der Waals surface area contributed by atoms with E-state index in [1.807, 2.05) is 0 Å². The Morgan fingerprint density at radius 2 is 1.97 bits per heavy atom. The lowest BCUT2D eigenvalue weighted by molar-refractivity contribution is -0.151. The van der Waals surface area contributed by atoms with E-state index in [0.717, 1.165) is 0 Å². The molecule has 0 bridgehead atoms. The highest BCUT2D eigenvalue weighted by molar-refractivity contribution is 6.12. The van der Waals surface area contributed by atoms with Crippen LogP contribution >= 0.6 is 0 Å². The molecule has 3 atom stereocenters. The summed E-state index contributed by atoms with van der Waals surface area (Å²) in [6.45, 7) is 3.76. The number of halogens is 1. The van der Waals surface area contributed by atoms with Gasteiger partial charge in [0.1, 0.15) is 18.3 Å². The van der Waals surface area contributed by atoms with Gasteiger partial charge in [0.2, 0.25) is 0 Å². The van der Waals surface area contributed by atoms with E-state index in [-0.39, 0.29) is 30.3 Å². The summed E-state index contributed by atoms with van der Waals surface area (Å²) in [5.41, 5.74) is 2.04. The largest absolute Gasteiger partial charge is 0.468 e. The molecule has 1 aliphatic heterocycles. The fourth-order valence-electron chi connectivity index (χ4n) is 4.27. The van der Waals surface area contributed by atoms with Crippen LogP contribution in [0.2, 0.25) is 0 Å². The van der Waals surface area contributed by atoms with E-state index in [1.165, 1.54) is 32.4 Å². The van der Waals surface area contributed by atoms with Gasteiger partial charge < -0.3 is 19.5 Å². The van der Waals surface area contributed by atoms with Gasteiger partial charge in [0, 0.05) is 30.0 Å². The molecule has 0 fully saturated rings. The first kappa shape index (κ1) is 22.7. The van der Waals surface area contributed by atoms with Crippen LogP contribution in [-0.4, -0.2) is 45.2 Å². The zero-order valence-corrected chi connectivity index (χ0v) is 18.0.